The number of rotatable bonds is 4. The zero-order valence-electron chi connectivity index (χ0n) is 15.4. The van der Waals surface area contributed by atoms with Crippen molar-refractivity contribution in [3.05, 3.63) is 54.2 Å². The Morgan fingerprint density at radius 2 is 1.89 bits per heavy atom. The molecule has 1 heterocycles. The van der Waals surface area contributed by atoms with E-state index in [9.17, 15) is 22.3 Å². The summed E-state index contributed by atoms with van der Waals surface area (Å²) in [6.07, 6.45) is 1.58. The van der Waals surface area contributed by atoms with Gasteiger partial charge in [-0.05, 0) is 30.3 Å². The van der Waals surface area contributed by atoms with Crippen LogP contribution in [0, 0.1) is 17.0 Å². The molecule has 0 radical (unpaired) electrons. The number of nitrogens with one attached hydrogen (secondary N) is 2. The number of carbonyl (C=O) groups is 1. The lowest BCUT2D eigenvalue weighted by Crippen LogP contribution is -2.27. The molecule has 28 heavy (non-hydrogen) atoms. The second kappa shape index (κ2) is 7.33. The van der Waals surface area contributed by atoms with E-state index in [1.54, 1.807) is 33.0 Å². The first kappa shape index (κ1) is 20.0. The van der Waals surface area contributed by atoms with Gasteiger partial charge in [0, 0.05) is 28.6 Å². The van der Waals surface area contributed by atoms with Crippen LogP contribution in [0.5, 0.6) is 0 Å². The van der Waals surface area contributed by atoms with Crippen LogP contribution in [0.15, 0.2) is 42.6 Å². The van der Waals surface area contributed by atoms with Crippen LogP contribution in [0.2, 0.25) is 0 Å². The van der Waals surface area contributed by atoms with Crippen molar-refractivity contribution in [2.75, 3.05) is 9.62 Å². The Kier molecular flexibility index (Phi) is 5.22. The van der Waals surface area contributed by atoms with E-state index in [4.69, 9.17) is 0 Å². The van der Waals surface area contributed by atoms with Crippen molar-refractivity contribution in [1.82, 2.24) is 4.98 Å². The van der Waals surface area contributed by atoms with Crippen LogP contribution in [0.1, 0.15) is 20.8 Å². The van der Waals surface area contributed by atoms with Crippen molar-refractivity contribution in [3.63, 3.8) is 0 Å². The summed E-state index contributed by atoms with van der Waals surface area (Å²) in [5.41, 5.74) is 0.151. The van der Waals surface area contributed by atoms with Gasteiger partial charge >= 0.3 is 0 Å². The van der Waals surface area contributed by atoms with Gasteiger partial charge < -0.3 is 14.9 Å². The molecule has 0 fully saturated rings. The lowest BCUT2D eigenvalue weighted by atomic mass is 9.95. The number of hydrogen-bond donors (Lipinski definition) is 2. The molecule has 1 aromatic heterocycles. The molecule has 1 atom stereocenters. The largest absolute Gasteiger partial charge is 0.755 e. The maximum Gasteiger partial charge on any atom is 0.229 e. The average molecular weight is 406 g/mol. The number of H-pyrrole nitrogens is 1. The highest BCUT2D eigenvalue weighted by Crippen LogP contribution is 2.34. The van der Waals surface area contributed by atoms with Crippen molar-refractivity contribution >= 4 is 45.1 Å². The molecule has 0 saturated heterocycles. The van der Waals surface area contributed by atoms with Crippen LogP contribution >= 0.6 is 0 Å². The summed E-state index contributed by atoms with van der Waals surface area (Å²) in [6.45, 7) is 5.35. The van der Waals surface area contributed by atoms with E-state index in [-0.39, 0.29) is 11.6 Å². The van der Waals surface area contributed by atoms with E-state index < -0.39 is 34.0 Å². The molecule has 1 unspecified atom stereocenters. The van der Waals surface area contributed by atoms with E-state index in [0.29, 0.717) is 20.9 Å². The molecule has 3 aromatic rings. The molecular formula is C19H18F2N3O3S-. The van der Waals surface area contributed by atoms with E-state index in [1.807, 2.05) is 0 Å². The molecule has 6 nitrogen and oxygen atoms in total. The molecule has 0 bridgehead atoms. The van der Waals surface area contributed by atoms with Gasteiger partial charge in [0.15, 0.2) is 0 Å². The number of anilines is 3. The number of amides is 1. The first-order valence-electron chi connectivity index (χ1n) is 8.35. The molecule has 2 aromatic carbocycles. The molecule has 9 heteroatoms. The van der Waals surface area contributed by atoms with Crippen molar-refractivity contribution in [2.24, 2.45) is 5.41 Å². The van der Waals surface area contributed by atoms with Crippen molar-refractivity contribution in [1.29, 1.82) is 0 Å². The van der Waals surface area contributed by atoms with E-state index in [2.05, 4.69) is 10.3 Å². The Bertz CT molecular complexity index is 1080. The fraction of sp³-hybridized carbons (Fsp3) is 0.211. The molecular weight excluding hydrogens is 388 g/mol. The number of carbonyl (C=O) groups excluding carboxylic acids is 1. The third-order valence-electron chi connectivity index (χ3n) is 4.11. The Morgan fingerprint density at radius 3 is 2.54 bits per heavy atom. The Hall–Kier alpha value is -2.78. The zero-order valence-corrected chi connectivity index (χ0v) is 16.2. The highest BCUT2D eigenvalue weighted by Gasteiger charge is 2.22. The Balaban J connectivity index is 2.02. The summed E-state index contributed by atoms with van der Waals surface area (Å²) in [7, 11) is 0. The van der Waals surface area contributed by atoms with E-state index >= 15 is 0 Å². The molecule has 0 aliphatic heterocycles. The number of aromatic amines is 1. The monoisotopic (exact) mass is 406 g/mol. The number of hydrogen-bond acceptors (Lipinski definition) is 3. The standard InChI is InChI=1S/C19H19F2N3O3S/c1-19(2,3)18(25)23-16-10-22-15-9-12(5-6-13(15)16)24(28(26)27)17-8-11(20)4-7-14(17)21/h4-10,22H,1-3H3,(H,23,25)(H,26,27)/p-1. The Labute approximate surface area is 163 Å². The quantitative estimate of drug-likeness (QED) is 0.631. The summed E-state index contributed by atoms with van der Waals surface area (Å²) < 4.78 is 51.7. The average Bonchev–Trinajstić information content (AvgIpc) is 2.99. The maximum absolute atomic E-state index is 14.1. The van der Waals surface area contributed by atoms with E-state index in [1.165, 1.54) is 12.1 Å². The summed E-state index contributed by atoms with van der Waals surface area (Å²) in [5.74, 6) is -1.82. The number of nitrogens with zero attached hydrogens (tertiary/aromatic N) is 1. The fourth-order valence-electron chi connectivity index (χ4n) is 2.60. The predicted molar refractivity (Wildman–Crippen MR) is 104 cm³/mol. The maximum atomic E-state index is 14.1. The SMILES string of the molecule is CC(C)(C)C(=O)Nc1c[nH]c2cc(N(c3cc(F)ccc3F)S(=O)[O-])ccc12. The minimum atomic E-state index is -2.89. The second-order valence-electron chi connectivity index (χ2n) is 7.24. The van der Waals surface area contributed by atoms with Crippen LogP contribution in [-0.2, 0) is 16.1 Å². The zero-order chi connectivity index (χ0) is 20.6. The molecule has 2 N–H and O–H groups in total. The normalized spacial score (nSPS) is 12.8. The smallest absolute Gasteiger partial charge is 0.229 e. The van der Waals surface area contributed by atoms with Crippen LogP contribution in [0.4, 0.5) is 25.8 Å². The molecule has 0 aliphatic rings. The van der Waals surface area contributed by atoms with Gasteiger partial charge in [-0.3, -0.25) is 13.3 Å². The predicted octanol–water partition coefficient (Wildman–Crippen LogP) is 4.36. The van der Waals surface area contributed by atoms with Gasteiger partial charge in [-0.15, -0.1) is 0 Å². The summed E-state index contributed by atoms with van der Waals surface area (Å²) in [5, 5.41) is 3.46. The van der Waals surface area contributed by atoms with Crippen molar-refractivity contribution in [2.45, 2.75) is 20.8 Å². The number of fused-ring (bicyclic) bond motifs is 1. The van der Waals surface area contributed by atoms with E-state index in [0.717, 1.165) is 18.2 Å². The first-order valence-corrected chi connectivity index (χ1v) is 9.38. The van der Waals surface area contributed by atoms with Gasteiger partial charge in [0.2, 0.25) is 5.91 Å². The summed E-state index contributed by atoms with van der Waals surface area (Å²) in [4.78, 5) is 15.1. The van der Waals surface area contributed by atoms with Crippen LogP contribution in [0.25, 0.3) is 10.9 Å². The summed E-state index contributed by atoms with van der Waals surface area (Å²) >= 11 is -2.89. The lowest BCUT2D eigenvalue weighted by Gasteiger charge is -2.27. The highest BCUT2D eigenvalue weighted by atomic mass is 32.2. The van der Waals surface area contributed by atoms with Gasteiger partial charge in [0.25, 0.3) is 0 Å². The van der Waals surface area contributed by atoms with Crippen LogP contribution in [0.3, 0.4) is 0 Å². The van der Waals surface area contributed by atoms with Gasteiger partial charge in [-0.25, -0.2) is 8.78 Å². The lowest BCUT2D eigenvalue weighted by molar-refractivity contribution is -0.123. The van der Waals surface area contributed by atoms with Crippen LogP contribution in [-0.4, -0.2) is 19.7 Å². The molecule has 3 rings (SSSR count). The minimum Gasteiger partial charge on any atom is -0.755 e. The van der Waals surface area contributed by atoms with Gasteiger partial charge in [0.05, 0.1) is 28.3 Å². The van der Waals surface area contributed by atoms with Crippen LogP contribution < -0.4 is 9.62 Å². The minimum absolute atomic E-state index is 0.112. The summed E-state index contributed by atoms with van der Waals surface area (Å²) in [6, 6.07) is 7.09. The van der Waals surface area contributed by atoms with Crippen molar-refractivity contribution < 1.29 is 22.3 Å². The number of halogens is 2. The molecule has 148 valence electrons. The number of benzene rings is 2. The number of aromatic nitrogens is 1. The second-order valence-corrected chi connectivity index (χ2v) is 8.04. The van der Waals surface area contributed by atoms with Gasteiger partial charge in [0.1, 0.15) is 11.6 Å². The first-order chi connectivity index (χ1) is 13.1. The van der Waals surface area contributed by atoms with Crippen molar-refractivity contribution in [3.8, 4) is 0 Å². The molecule has 0 spiro atoms. The van der Waals surface area contributed by atoms with Gasteiger partial charge in [-0.1, -0.05) is 20.8 Å². The fourth-order valence-corrected chi connectivity index (χ4v) is 3.19. The topological polar surface area (TPSA) is 88.3 Å². The third kappa shape index (κ3) is 3.90. The Morgan fingerprint density at radius 1 is 1.18 bits per heavy atom. The molecule has 0 aliphatic carbocycles. The third-order valence-corrected chi connectivity index (χ3v) is 4.81. The highest BCUT2D eigenvalue weighted by molar-refractivity contribution is 7.81. The van der Waals surface area contributed by atoms with Gasteiger partial charge in [-0.2, -0.15) is 0 Å². The molecule has 1 amide bonds. The molecule has 0 saturated carbocycles.